The van der Waals surface area contributed by atoms with Crippen LogP contribution in [0.5, 0.6) is 0 Å². The number of nitrogens with zero attached hydrogens (tertiary/aromatic N) is 1. The van der Waals surface area contributed by atoms with Crippen molar-refractivity contribution in [2.75, 3.05) is 6.61 Å². The molecule has 6 rings (SSSR count). The van der Waals surface area contributed by atoms with Crippen molar-refractivity contribution in [3.8, 4) is 11.1 Å². The average Bonchev–Trinajstić information content (AvgIpc) is 3.17. The summed E-state index contributed by atoms with van der Waals surface area (Å²) < 4.78 is 0. The Morgan fingerprint density at radius 2 is 1.86 bits per heavy atom. The van der Waals surface area contributed by atoms with Crippen molar-refractivity contribution in [3.63, 3.8) is 0 Å². The lowest BCUT2D eigenvalue weighted by Gasteiger charge is -2.59. The Bertz CT molecular complexity index is 1140. The first-order valence-electron chi connectivity index (χ1n) is 14.0. The van der Waals surface area contributed by atoms with Gasteiger partial charge in [-0.3, -0.25) is 9.78 Å². The molecule has 4 aliphatic carbocycles. The highest BCUT2D eigenvalue weighted by atomic mass is 16.3. The van der Waals surface area contributed by atoms with Crippen LogP contribution in [0.2, 0.25) is 0 Å². The van der Waals surface area contributed by atoms with Crippen LogP contribution in [0.15, 0.2) is 60.4 Å². The second kappa shape index (κ2) is 9.22. The molecule has 0 saturated heterocycles. The predicted octanol–water partition coefficient (Wildman–Crippen LogP) is 6.09. The number of fused-ring (bicyclic) bond motifs is 5. The standard InChI is InChI=1S/C32H39NO3/c1-31-19-28(22-7-5-21(6-8-22)24-4-2-16-33-20-24)30-26-12-10-25(35)18-23(26)9-11-27(30)29(31)13-15-32(31,36)14-3-17-34/h2,4-8,16,18,20,26-30,34,36H,3,9-15,17,19H2,1H3/t26-,27-,28+,29+,30+,31-,32+/m0/s1. The molecule has 0 radical (unpaired) electrons. The van der Waals surface area contributed by atoms with Crippen LogP contribution < -0.4 is 0 Å². The van der Waals surface area contributed by atoms with Gasteiger partial charge in [0, 0.05) is 25.4 Å². The zero-order valence-corrected chi connectivity index (χ0v) is 21.4. The maximum atomic E-state index is 12.3. The van der Waals surface area contributed by atoms with Gasteiger partial charge in [-0.2, -0.15) is 0 Å². The fourth-order valence-electron chi connectivity index (χ4n) is 8.98. The van der Waals surface area contributed by atoms with Gasteiger partial charge >= 0.3 is 0 Å². The van der Waals surface area contributed by atoms with Crippen molar-refractivity contribution < 1.29 is 15.0 Å². The molecule has 1 heterocycles. The van der Waals surface area contributed by atoms with Crippen molar-refractivity contribution in [2.24, 2.45) is 29.1 Å². The Labute approximate surface area is 214 Å². The zero-order valence-electron chi connectivity index (χ0n) is 21.4. The first-order chi connectivity index (χ1) is 17.4. The zero-order chi connectivity index (χ0) is 24.9. The van der Waals surface area contributed by atoms with E-state index in [4.69, 9.17) is 0 Å². The Morgan fingerprint density at radius 1 is 1.03 bits per heavy atom. The molecule has 3 fully saturated rings. The SMILES string of the molecule is C[C@]12C[C@H](c3ccc(-c4cccnc4)cc3)[C@H]3[C@@H](CCC4=CC(=O)CC[C@@H]43)[C@H]1CC[C@]2(O)CCCO. The van der Waals surface area contributed by atoms with Gasteiger partial charge in [0.05, 0.1) is 5.60 Å². The van der Waals surface area contributed by atoms with Gasteiger partial charge in [-0.1, -0.05) is 42.8 Å². The number of ketones is 1. The fraction of sp³-hybridized carbons (Fsp3) is 0.562. The molecule has 0 spiro atoms. The van der Waals surface area contributed by atoms with Crippen LogP contribution in [0.1, 0.15) is 76.2 Å². The molecule has 1 aromatic heterocycles. The van der Waals surface area contributed by atoms with E-state index in [9.17, 15) is 15.0 Å². The lowest BCUT2D eigenvalue weighted by molar-refractivity contribution is -0.131. The summed E-state index contributed by atoms with van der Waals surface area (Å²) in [6.45, 7) is 2.49. The molecule has 0 bridgehead atoms. The van der Waals surface area contributed by atoms with Crippen molar-refractivity contribution in [1.29, 1.82) is 0 Å². The predicted molar refractivity (Wildman–Crippen MR) is 141 cm³/mol. The van der Waals surface area contributed by atoms with Gasteiger partial charge in [-0.25, -0.2) is 0 Å². The van der Waals surface area contributed by atoms with Crippen molar-refractivity contribution >= 4 is 5.78 Å². The molecule has 36 heavy (non-hydrogen) atoms. The van der Waals surface area contributed by atoms with Crippen LogP contribution in [0, 0.1) is 29.1 Å². The molecular weight excluding hydrogens is 446 g/mol. The average molecular weight is 486 g/mol. The van der Waals surface area contributed by atoms with Crippen LogP contribution in [0.25, 0.3) is 11.1 Å². The third-order valence-corrected chi connectivity index (χ3v) is 10.7. The number of carbonyl (C=O) groups excluding carboxylic acids is 1. The van der Waals surface area contributed by atoms with E-state index in [1.807, 2.05) is 18.3 Å². The number of benzene rings is 1. The third kappa shape index (κ3) is 3.80. The smallest absolute Gasteiger partial charge is 0.155 e. The maximum Gasteiger partial charge on any atom is 0.155 e. The minimum atomic E-state index is -0.710. The van der Waals surface area contributed by atoms with Gasteiger partial charge in [-0.05, 0) is 115 Å². The van der Waals surface area contributed by atoms with E-state index in [2.05, 4.69) is 42.2 Å². The lowest BCUT2D eigenvalue weighted by Crippen LogP contribution is -2.55. The van der Waals surface area contributed by atoms with Crippen LogP contribution in [0.4, 0.5) is 0 Å². The summed E-state index contributed by atoms with van der Waals surface area (Å²) in [5, 5.41) is 21.6. The van der Waals surface area contributed by atoms with E-state index >= 15 is 0 Å². The summed E-state index contributed by atoms with van der Waals surface area (Å²) in [5.74, 6) is 2.76. The highest BCUT2D eigenvalue weighted by Crippen LogP contribution is 2.68. The van der Waals surface area contributed by atoms with Crippen LogP contribution in [-0.4, -0.2) is 33.2 Å². The monoisotopic (exact) mass is 485 g/mol. The second-order valence-electron chi connectivity index (χ2n) is 12.2. The number of allylic oxidation sites excluding steroid dienone is 1. The molecule has 4 aliphatic rings. The maximum absolute atomic E-state index is 12.3. The van der Waals surface area contributed by atoms with Crippen molar-refractivity contribution in [3.05, 3.63) is 66.0 Å². The van der Waals surface area contributed by atoms with Crippen LogP contribution in [-0.2, 0) is 4.79 Å². The number of aliphatic hydroxyl groups excluding tert-OH is 1. The van der Waals surface area contributed by atoms with Gasteiger partial charge in [0.15, 0.2) is 5.78 Å². The molecular formula is C32H39NO3. The minimum absolute atomic E-state index is 0.138. The number of carbonyl (C=O) groups is 1. The van der Waals surface area contributed by atoms with Crippen LogP contribution in [0.3, 0.4) is 0 Å². The summed E-state index contributed by atoms with van der Waals surface area (Å²) in [6.07, 6.45) is 13.8. The molecule has 4 heteroatoms. The Morgan fingerprint density at radius 3 is 2.61 bits per heavy atom. The lowest BCUT2D eigenvalue weighted by atomic mass is 9.46. The van der Waals surface area contributed by atoms with E-state index in [1.165, 1.54) is 16.7 Å². The van der Waals surface area contributed by atoms with Crippen LogP contribution >= 0.6 is 0 Å². The highest BCUT2D eigenvalue weighted by molar-refractivity contribution is 5.91. The Balaban J connectivity index is 1.40. The molecule has 1 aromatic carbocycles. The largest absolute Gasteiger partial charge is 0.396 e. The van der Waals surface area contributed by atoms with Gasteiger partial charge in [-0.15, -0.1) is 0 Å². The topological polar surface area (TPSA) is 70.4 Å². The molecule has 0 unspecified atom stereocenters. The molecule has 0 aliphatic heterocycles. The molecule has 3 saturated carbocycles. The Hall–Kier alpha value is -2.30. The molecule has 4 nitrogen and oxygen atoms in total. The number of rotatable bonds is 5. The highest BCUT2D eigenvalue weighted by Gasteiger charge is 2.64. The molecule has 2 aromatic rings. The number of hydrogen-bond acceptors (Lipinski definition) is 4. The molecule has 2 N–H and O–H groups in total. The number of pyridine rings is 1. The van der Waals surface area contributed by atoms with Gasteiger partial charge in [0.25, 0.3) is 0 Å². The molecule has 190 valence electrons. The summed E-state index contributed by atoms with van der Waals surface area (Å²) in [7, 11) is 0. The van der Waals surface area contributed by atoms with Gasteiger partial charge < -0.3 is 10.2 Å². The number of aromatic nitrogens is 1. The fourth-order valence-corrected chi connectivity index (χ4v) is 8.98. The van der Waals surface area contributed by atoms with E-state index in [0.29, 0.717) is 54.6 Å². The minimum Gasteiger partial charge on any atom is -0.396 e. The normalized spacial score (nSPS) is 37.6. The molecule has 7 atom stereocenters. The van der Waals surface area contributed by atoms with Gasteiger partial charge in [0.1, 0.15) is 0 Å². The quantitative estimate of drug-likeness (QED) is 0.538. The third-order valence-electron chi connectivity index (χ3n) is 10.7. The summed E-state index contributed by atoms with van der Waals surface area (Å²) >= 11 is 0. The summed E-state index contributed by atoms with van der Waals surface area (Å²) in [5.41, 5.74) is 4.20. The molecule has 0 amide bonds. The second-order valence-corrected chi connectivity index (χ2v) is 12.2. The number of aliphatic hydroxyl groups is 2. The Kier molecular flexibility index (Phi) is 6.16. The van der Waals surface area contributed by atoms with Crippen molar-refractivity contribution in [1.82, 2.24) is 4.98 Å². The van der Waals surface area contributed by atoms with Crippen molar-refractivity contribution in [2.45, 2.75) is 76.2 Å². The summed E-state index contributed by atoms with van der Waals surface area (Å²) in [4.78, 5) is 16.6. The van der Waals surface area contributed by atoms with E-state index in [1.54, 1.807) is 6.20 Å². The van der Waals surface area contributed by atoms with Gasteiger partial charge in [0.2, 0.25) is 0 Å². The van der Waals surface area contributed by atoms with E-state index < -0.39 is 5.60 Å². The summed E-state index contributed by atoms with van der Waals surface area (Å²) in [6, 6.07) is 13.1. The van der Waals surface area contributed by atoms with E-state index in [0.717, 1.165) is 44.1 Å². The number of hydrogen-bond donors (Lipinski definition) is 2. The first-order valence-corrected chi connectivity index (χ1v) is 14.0. The van der Waals surface area contributed by atoms with E-state index in [-0.39, 0.29) is 12.0 Å². The first kappa shape index (κ1) is 24.1.